The zero-order valence-corrected chi connectivity index (χ0v) is 9.01. The Hall–Kier alpha value is 0.150. The number of Topliss-reactive ketones (excluding diaryl/α,β-unsaturated/α-hetero) is 1. The van der Waals surface area contributed by atoms with Crippen LogP contribution >= 0.6 is 15.9 Å². The SMILES string of the molecule is CCCC1CC2CC1C(Br)C2=O. The Morgan fingerprint density at radius 2 is 2.25 bits per heavy atom. The van der Waals surface area contributed by atoms with Gasteiger partial charge >= 0.3 is 0 Å². The Morgan fingerprint density at radius 3 is 2.75 bits per heavy atom. The first kappa shape index (κ1) is 8.74. The van der Waals surface area contributed by atoms with E-state index in [1.807, 2.05) is 0 Å². The van der Waals surface area contributed by atoms with Gasteiger partial charge in [-0.3, -0.25) is 4.79 Å². The van der Waals surface area contributed by atoms with Gasteiger partial charge in [0, 0.05) is 5.92 Å². The highest BCUT2D eigenvalue weighted by Gasteiger charge is 2.50. The second-order valence-corrected chi connectivity index (χ2v) is 5.17. The third kappa shape index (κ3) is 1.15. The van der Waals surface area contributed by atoms with Crippen LogP contribution in [0, 0.1) is 17.8 Å². The lowest BCUT2D eigenvalue weighted by atomic mass is 9.85. The lowest BCUT2D eigenvalue weighted by Crippen LogP contribution is -2.28. The monoisotopic (exact) mass is 230 g/mol. The van der Waals surface area contributed by atoms with Gasteiger partial charge in [-0.05, 0) is 24.7 Å². The van der Waals surface area contributed by atoms with Gasteiger partial charge in [-0.1, -0.05) is 35.7 Å². The van der Waals surface area contributed by atoms with Crippen molar-refractivity contribution in [3.63, 3.8) is 0 Å². The summed E-state index contributed by atoms with van der Waals surface area (Å²) in [6, 6.07) is 0. The molecule has 0 spiro atoms. The predicted octanol–water partition coefficient (Wildman–Crippen LogP) is 2.78. The molecule has 2 bridgehead atoms. The molecule has 1 nitrogen and oxygen atoms in total. The molecule has 0 heterocycles. The molecule has 2 heteroatoms. The van der Waals surface area contributed by atoms with Crippen LogP contribution in [0.1, 0.15) is 32.6 Å². The molecule has 2 aliphatic rings. The van der Waals surface area contributed by atoms with Gasteiger partial charge in [0.25, 0.3) is 0 Å². The third-order valence-corrected chi connectivity index (χ3v) is 4.59. The standard InChI is InChI=1S/C10H15BrO/c1-2-3-6-4-7-5-8(6)9(11)10(7)12/h6-9H,2-5H2,1H3. The minimum atomic E-state index is 0.202. The van der Waals surface area contributed by atoms with Crippen LogP contribution in [0.15, 0.2) is 0 Å². The first-order valence-corrected chi connectivity index (χ1v) is 5.83. The fourth-order valence-corrected chi connectivity index (χ4v) is 3.91. The molecule has 0 N–H and O–H groups in total. The summed E-state index contributed by atoms with van der Waals surface area (Å²) in [5, 5.41) is 0. The average Bonchev–Trinajstić information content (AvgIpc) is 2.55. The molecule has 2 aliphatic carbocycles. The van der Waals surface area contributed by atoms with Gasteiger partial charge in [-0.2, -0.15) is 0 Å². The first-order chi connectivity index (χ1) is 5.74. The highest BCUT2D eigenvalue weighted by Crippen LogP contribution is 2.50. The topological polar surface area (TPSA) is 17.1 Å². The number of carbonyl (C=O) groups excluding carboxylic acids is 1. The molecular weight excluding hydrogens is 216 g/mol. The smallest absolute Gasteiger partial charge is 0.149 e. The van der Waals surface area contributed by atoms with Crippen molar-refractivity contribution in [1.82, 2.24) is 0 Å². The number of fused-ring (bicyclic) bond motifs is 2. The molecule has 2 fully saturated rings. The molecule has 0 aromatic heterocycles. The molecular formula is C10H15BrO. The Bertz CT molecular complexity index is 198. The van der Waals surface area contributed by atoms with Crippen molar-refractivity contribution < 1.29 is 4.79 Å². The summed E-state index contributed by atoms with van der Waals surface area (Å²) in [6.45, 7) is 2.23. The number of rotatable bonds is 2. The largest absolute Gasteiger partial charge is 0.298 e. The van der Waals surface area contributed by atoms with E-state index < -0.39 is 0 Å². The van der Waals surface area contributed by atoms with Crippen molar-refractivity contribution in [2.75, 3.05) is 0 Å². The van der Waals surface area contributed by atoms with E-state index in [4.69, 9.17) is 0 Å². The van der Waals surface area contributed by atoms with E-state index in [9.17, 15) is 4.79 Å². The van der Waals surface area contributed by atoms with Gasteiger partial charge in [-0.25, -0.2) is 0 Å². The highest BCUT2D eigenvalue weighted by atomic mass is 79.9. The van der Waals surface area contributed by atoms with Gasteiger partial charge in [0.2, 0.25) is 0 Å². The minimum Gasteiger partial charge on any atom is -0.298 e. The maximum Gasteiger partial charge on any atom is 0.149 e. The maximum absolute atomic E-state index is 11.5. The fourth-order valence-electron chi connectivity index (χ4n) is 2.89. The molecule has 0 aliphatic heterocycles. The highest BCUT2D eigenvalue weighted by molar-refractivity contribution is 9.10. The van der Waals surface area contributed by atoms with E-state index in [0.717, 1.165) is 5.92 Å². The van der Waals surface area contributed by atoms with Crippen molar-refractivity contribution in [3.05, 3.63) is 0 Å². The normalized spacial score (nSPS) is 45.7. The number of hydrogen-bond acceptors (Lipinski definition) is 1. The molecule has 68 valence electrons. The average molecular weight is 231 g/mol. The van der Waals surface area contributed by atoms with Crippen LogP contribution < -0.4 is 0 Å². The van der Waals surface area contributed by atoms with Gasteiger partial charge in [0.15, 0.2) is 0 Å². The van der Waals surface area contributed by atoms with Gasteiger partial charge in [0.1, 0.15) is 5.78 Å². The van der Waals surface area contributed by atoms with E-state index in [2.05, 4.69) is 22.9 Å². The van der Waals surface area contributed by atoms with Crippen LogP contribution in [-0.4, -0.2) is 10.6 Å². The lowest BCUT2D eigenvalue weighted by Gasteiger charge is -2.24. The molecule has 2 rings (SSSR count). The Labute approximate surface area is 82.0 Å². The fraction of sp³-hybridized carbons (Fsp3) is 0.900. The van der Waals surface area contributed by atoms with Crippen LogP contribution in [0.3, 0.4) is 0 Å². The summed E-state index contributed by atoms with van der Waals surface area (Å²) in [6.07, 6.45) is 4.93. The van der Waals surface area contributed by atoms with Crippen molar-refractivity contribution >= 4 is 21.7 Å². The van der Waals surface area contributed by atoms with E-state index in [0.29, 0.717) is 17.6 Å². The summed E-state index contributed by atoms with van der Waals surface area (Å²) in [5.74, 6) is 2.40. The minimum absolute atomic E-state index is 0.202. The molecule has 0 aromatic rings. The summed E-state index contributed by atoms with van der Waals surface area (Å²) < 4.78 is 0. The molecule has 12 heavy (non-hydrogen) atoms. The molecule has 0 aromatic carbocycles. The first-order valence-electron chi connectivity index (χ1n) is 4.91. The second-order valence-electron chi connectivity index (χ2n) is 4.19. The molecule has 4 atom stereocenters. The third-order valence-electron chi connectivity index (χ3n) is 3.46. The van der Waals surface area contributed by atoms with Crippen LogP contribution in [0.4, 0.5) is 0 Å². The zero-order valence-electron chi connectivity index (χ0n) is 7.42. The van der Waals surface area contributed by atoms with Gasteiger partial charge in [-0.15, -0.1) is 0 Å². The number of ketones is 1. The van der Waals surface area contributed by atoms with Crippen LogP contribution in [0.5, 0.6) is 0 Å². The number of alkyl halides is 1. The quantitative estimate of drug-likeness (QED) is 0.668. The molecule has 2 saturated carbocycles. The summed E-state index contributed by atoms with van der Waals surface area (Å²) in [4.78, 5) is 11.7. The van der Waals surface area contributed by atoms with E-state index in [1.165, 1.54) is 25.7 Å². The summed E-state index contributed by atoms with van der Waals surface area (Å²) >= 11 is 3.52. The number of carbonyl (C=O) groups is 1. The van der Waals surface area contributed by atoms with Gasteiger partial charge in [0.05, 0.1) is 4.83 Å². The Morgan fingerprint density at radius 1 is 1.50 bits per heavy atom. The van der Waals surface area contributed by atoms with E-state index >= 15 is 0 Å². The second kappa shape index (κ2) is 3.13. The van der Waals surface area contributed by atoms with Crippen molar-refractivity contribution in [1.29, 1.82) is 0 Å². The maximum atomic E-state index is 11.5. The van der Waals surface area contributed by atoms with Crippen LogP contribution in [0.2, 0.25) is 0 Å². The number of hydrogen-bond donors (Lipinski definition) is 0. The Balaban J connectivity index is 2.05. The molecule has 0 saturated heterocycles. The molecule has 4 unspecified atom stereocenters. The van der Waals surface area contributed by atoms with E-state index in [1.54, 1.807) is 0 Å². The van der Waals surface area contributed by atoms with Gasteiger partial charge < -0.3 is 0 Å². The van der Waals surface area contributed by atoms with Crippen molar-refractivity contribution in [2.24, 2.45) is 17.8 Å². The predicted molar refractivity (Wildman–Crippen MR) is 52.3 cm³/mol. The van der Waals surface area contributed by atoms with E-state index in [-0.39, 0.29) is 4.83 Å². The lowest BCUT2D eigenvalue weighted by molar-refractivity contribution is -0.121. The number of halogens is 1. The van der Waals surface area contributed by atoms with Crippen LogP contribution in [0.25, 0.3) is 0 Å². The zero-order chi connectivity index (χ0) is 8.72. The van der Waals surface area contributed by atoms with Crippen molar-refractivity contribution in [3.8, 4) is 0 Å². The summed E-state index contributed by atoms with van der Waals surface area (Å²) in [7, 11) is 0. The van der Waals surface area contributed by atoms with Crippen LogP contribution in [-0.2, 0) is 4.79 Å². The summed E-state index contributed by atoms with van der Waals surface area (Å²) in [5.41, 5.74) is 0. The molecule has 0 radical (unpaired) electrons. The Kier molecular flexibility index (Phi) is 2.28. The molecule has 0 amide bonds. The van der Waals surface area contributed by atoms with Crippen molar-refractivity contribution in [2.45, 2.75) is 37.4 Å².